The summed E-state index contributed by atoms with van der Waals surface area (Å²) < 4.78 is 26.8. The highest BCUT2D eigenvalue weighted by molar-refractivity contribution is 5.65. The molecule has 2 aromatic rings. The van der Waals surface area contributed by atoms with E-state index in [9.17, 15) is 23.8 Å². The Labute approximate surface area is 156 Å². The monoisotopic (exact) mass is 376 g/mol. The van der Waals surface area contributed by atoms with Crippen LogP contribution in [0, 0.1) is 11.6 Å². The second-order valence-corrected chi connectivity index (χ2v) is 6.64. The van der Waals surface area contributed by atoms with Crippen LogP contribution in [-0.4, -0.2) is 58.4 Å². The fraction of sp³-hybridized carbons (Fsp3) is 0.350. The Hall–Kier alpha value is -2.51. The van der Waals surface area contributed by atoms with Crippen LogP contribution in [-0.2, 0) is 0 Å². The average molecular weight is 376 g/mol. The average Bonchev–Trinajstić information content (AvgIpc) is 2.66. The van der Waals surface area contributed by atoms with Gasteiger partial charge in [-0.05, 0) is 41.8 Å². The molecule has 0 bridgehead atoms. The van der Waals surface area contributed by atoms with Gasteiger partial charge < -0.3 is 15.1 Å². The van der Waals surface area contributed by atoms with E-state index in [-0.39, 0.29) is 36.9 Å². The maximum atomic E-state index is 13.4. The molecule has 2 aromatic carbocycles. The molecule has 3 rings (SSSR count). The minimum atomic E-state index is -0.988. The fourth-order valence-corrected chi connectivity index (χ4v) is 3.65. The van der Waals surface area contributed by atoms with Gasteiger partial charge in [0.15, 0.2) is 0 Å². The van der Waals surface area contributed by atoms with Crippen LogP contribution < -0.4 is 0 Å². The number of carbonyl (C=O) groups is 1. The van der Waals surface area contributed by atoms with E-state index in [1.54, 1.807) is 24.3 Å². The summed E-state index contributed by atoms with van der Waals surface area (Å²) in [4.78, 5) is 14.8. The Bertz CT molecular complexity index is 722. The second kappa shape index (κ2) is 8.45. The van der Waals surface area contributed by atoms with Gasteiger partial charge in [-0.15, -0.1) is 0 Å². The van der Waals surface area contributed by atoms with E-state index in [1.165, 1.54) is 29.2 Å². The number of nitrogens with zero attached hydrogens (tertiary/aromatic N) is 2. The van der Waals surface area contributed by atoms with Gasteiger partial charge in [-0.2, -0.15) is 0 Å². The maximum absolute atomic E-state index is 13.4. The number of halogens is 2. The molecule has 1 fully saturated rings. The molecule has 0 aliphatic carbocycles. The number of benzene rings is 2. The van der Waals surface area contributed by atoms with E-state index < -0.39 is 6.09 Å². The van der Waals surface area contributed by atoms with E-state index >= 15 is 0 Å². The minimum absolute atomic E-state index is 0.0752. The van der Waals surface area contributed by atoms with Crippen molar-refractivity contribution in [2.75, 3.05) is 26.2 Å². The predicted molar refractivity (Wildman–Crippen MR) is 96.4 cm³/mol. The fourth-order valence-electron chi connectivity index (χ4n) is 3.65. The Balaban J connectivity index is 1.99. The highest BCUT2D eigenvalue weighted by atomic mass is 19.1. The number of piperazine rings is 1. The van der Waals surface area contributed by atoms with Crippen molar-refractivity contribution in [2.45, 2.75) is 18.5 Å². The Morgan fingerprint density at radius 2 is 1.52 bits per heavy atom. The molecule has 0 radical (unpaired) electrons. The zero-order valence-electron chi connectivity index (χ0n) is 14.8. The van der Waals surface area contributed by atoms with Gasteiger partial charge in [0.2, 0.25) is 0 Å². The van der Waals surface area contributed by atoms with Crippen molar-refractivity contribution in [1.82, 2.24) is 9.80 Å². The molecular formula is C20H22F2N2O3. The lowest BCUT2D eigenvalue weighted by atomic mass is 9.93. The first-order valence-corrected chi connectivity index (χ1v) is 8.85. The molecule has 144 valence electrons. The molecule has 1 heterocycles. The summed E-state index contributed by atoms with van der Waals surface area (Å²) in [6, 6.07) is 11.7. The number of aliphatic hydroxyl groups excluding tert-OH is 1. The molecule has 1 amide bonds. The van der Waals surface area contributed by atoms with Gasteiger partial charge in [0.25, 0.3) is 0 Å². The molecule has 1 aliphatic heterocycles. The third-order valence-electron chi connectivity index (χ3n) is 4.96. The van der Waals surface area contributed by atoms with E-state index in [0.717, 1.165) is 11.1 Å². The molecule has 1 saturated heterocycles. The van der Waals surface area contributed by atoms with Crippen LogP contribution in [0.5, 0.6) is 0 Å². The van der Waals surface area contributed by atoms with Crippen LogP contribution >= 0.6 is 0 Å². The summed E-state index contributed by atoms with van der Waals surface area (Å²) in [5.74, 6) is -0.696. The first-order valence-electron chi connectivity index (χ1n) is 8.85. The largest absolute Gasteiger partial charge is 0.465 e. The standard InChI is InChI=1S/C20H22F2N2O3/c21-16-5-1-14(2-6-16)19(15-3-7-17(22)8-4-15)24-11-10-23(20(26)27)13-18(24)9-12-25/h1-8,18-19,25H,9-13H2,(H,26,27). The summed E-state index contributed by atoms with van der Waals surface area (Å²) in [6.45, 7) is 0.982. The summed E-state index contributed by atoms with van der Waals surface area (Å²) in [5, 5.41) is 18.8. The van der Waals surface area contributed by atoms with Crippen molar-refractivity contribution in [1.29, 1.82) is 0 Å². The van der Waals surface area contributed by atoms with Crippen molar-refractivity contribution in [3.8, 4) is 0 Å². The Morgan fingerprint density at radius 3 is 1.96 bits per heavy atom. The lowest BCUT2D eigenvalue weighted by molar-refractivity contribution is 0.0397. The van der Waals surface area contributed by atoms with Gasteiger partial charge in [-0.3, -0.25) is 4.90 Å². The molecule has 1 aliphatic rings. The Kier molecular flexibility index (Phi) is 6.03. The van der Waals surface area contributed by atoms with Crippen molar-refractivity contribution < 1.29 is 23.8 Å². The number of aliphatic hydroxyl groups is 1. The molecule has 7 heteroatoms. The van der Waals surface area contributed by atoms with Crippen LogP contribution in [0.1, 0.15) is 23.6 Å². The normalized spacial score (nSPS) is 18.1. The van der Waals surface area contributed by atoms with Gasteiger partial charge in [-0.25, -0.2) is 13.6 Å². The van der Waals surface area contributed by atoms with Gasteiger partial charge in [0, 0.05) is 32.3 Å². The molecule has 1 unspecified atom stereocenters. The molecule has 2 N–H and O–H groups in total. The Morgan fingerprint density at radius 1 is 1.00 bits per heavy atom. The van der Waals surface area contributed by atoms with E-state index in [4.69, 9.17) is 0 Å². The molecule has 0 spiro atoms. The number of carboxylic acid groups (broad SMARTS) is 1. The van der Waals surface area contributed by atoms with Crippen LogP contribution in [0.25, 0.3) is 0 Å². The van der Waals surface area contributed by atoms with Crippen LogP contribution in [0.2, 0.25) is 0 Å². The van der Waals surface area contributed by atoms with Gasteiger partial charge in [0.05, 0.1) is 6.04 Å². The molecular weight excluding hydrogens is 354 g/mol. The topological polar surface area (TPSA) is 64.0 Å². The van der Waals surface area contributed by atoms with Crippen LogP contribution in [0.15, 0.2) is 48.5 Å². The summed E-state index contributed by atoms with van der Waals surface area (Å²) >= 11 is 0. The summed E-state index contributed by atoms with van der Waals surface area (Å²) in [6.07, 6.45) is -0.583. The zero-order chi connectivity index (χ0) is 19.4. The SMILES string of the molecule is O=C(O)N1CCN(C(c2ccc(F)cc2)c2ccc(F)cc2)C(CCO)C1. The summed E-state index contributed by atoms with van der Waals surface area (Å²) in [7, 11) is 0. The predicted octanol–water partition coefficient (Wildman–Crippen LogP) is 3.10. The van der Waals surface area contributed by atoms with Crippen LogP contribution in [0.4, 0.5) is 13.6 Å². The van der Waals surface area contributed by atoms with E-state index in [1.807, 2.05) is 0 Å². The molecule has 1 atom stereocenters. The van der Waals surface area contributed by atoms with Gasteiger partial charge in [0.1, 0.15) is 11.6 Å². The third kappa shape index (κ3) is 4.43. The number of hydrogen-bond donors (Lipinski definition) is 2. The maximum Gasteiger partial charge on any atom is 0.407 e. The van der Waals surface area contributed by atoms with Crippen molar-refractivity contribution in [3.63, 3.8) is 0 Å². The highest BCUT2D eigenvalue weighted by Crippen LogP contribution is 2.33. The second-order valence-electron chi connectivity index (χ2n) is 6.64. The quantitative estimate of drug-likeness (QED) is 0.842. The molecule has 0 saturated carbocycles. The smallest absolute Gasteiger partial charge is 0.407 e. The zero-order valence-corrected chi connectivity index (χ0v) is 14.8. The lowest BCUT2D eigenvalue weighted by Crippen LogP contribution is -2.55. The summed E-state index contributed by atoms with van der Waals surface area (Å²) in [5.41, 5.74) is 1.66. The number of hydrogen-bond acceptors (Lipinski definition) is 3. The van der Waals surface area contributed by atoms with Crippen LogP contribution in [0.3, 0.4) is 0 Å². The first-order chi connectivity index (χ1) is 13.0. The van der Waals surface area contributed by atoms with Crippen molar-refractivity contribution in [3.05, 3.63) is 71.3 Å². The number of amides is 1. The first kappa shape index (κ1) is 19.3. The molecule has 5 nitrogen and oxygen atoms in total. The number of rotatable bonds is 5. The van der Waals surface area contributed by atoms with E-state index in [0.29, 0.717) is 19.5 Å². The van der Waals surface area contributed by atoms with Crippen molar-refractivity contribution >= 4 is 6.09 Å². The van der Waals surface area contributed by atoms with E-state index in [2.05, 4.69) is 4.90 Å². The van der Waals surface area contributed by atoms with Gasteiger partial charge in [-0.1, -0.05) is 24.3 Å². The minimum Gasteiger partial charge on any atom is -0.465 e. The lowest BCUT2D eigenvalue weighted by Gasteiger charge is -2.44. The van der Waals surface area contributed by atoms with Crippen molar-refractivity contribution in [2.24, 2.45) is 0 Å². The highest BCUT2D eigenvalue weighted by Gasteiger charge is 2.34. The molecule has 0 aromatic heterocycles. The third-order valence-corrected chi connectivity index (χ3v) is 4.96. The molecule has 27 heavy (non-hydrogen) atoms. The van der Waals surface area contributed by atoms with Gasteiger partial charge >= 0.3 is 6.09 Å².